The fourth-order valence-electron chi connectivity index (χ4n) is 5.45. The molecule has 1 N–H and O–H groups in total. The summed E-state index contributed by atoms with van der Waals surface area (Å²) in [5.74, 6) is -1.05. The van der Waals surface area contributed by atoms with Crippen LogP contribution in [0.25, 0.3) is 5.76 Å². The van der Waals surface area contributed by atoms with E-state index in [4.69, 9.17) is 9.47 Å². The second-order valence-corrected chi connectivity index (χ2v) is 10.1. The molecule has 41 heavy (non-hydrogen) atoms. The molecule has 0 radical (unpaired) electrons. The van der Waals surface area contributed by atoms with E-state index in [1.54, 1.807) is 54.4 Å². The standard InChI is InChI=1S/C32H33N3O6/c1-3-40-32(39)34-17-14-24(15-18-34)35-28(25-11-7-8-16-33-25)27(30(37)31(35)38)29(36)23-12-13-26(21(2)19-23)41-20-22-9-5-4-6-10-22/h4-13,16,19,24,28,36H,3,14-15,17-18,20H2,1-2H3/b29-27+. The predicted octanol–water partition coefficient (Wildman–Crippen LogP) is 5.01. The Labute approximate surface area is 239 Å². The number of amides is 2. The average molecular weight is 556 g/mol. The number of rotatable bonds is 7. The van der Waals surface area contributed by atoms with Crippen LogP contribution in [0.15, 0.2) is 78.5 Å². The van der Waals surface area contributed by atoms with Crippen molar-refractivity contribution >= 4 is 23.5 Å². The topological polar surface area (TPSA) is 109 Å². The summed E-state index contributed by atoms with van der Waals surface area (Å²) in [6, 6.07) is 19.1. The molecule has 3 heterocycles. The minimum Gasteiger partial charge on any atom is -0.507 e. The monoisotopic (exact) mass is 555 g/mol. The maximum atomic E-state index is 13.5. The number of hydrogen-bond acceptors (Lipinski definition) is 7. The summed E-state index contributed by atoms with van der Waals surface area (Å²) in [4.78, 5) is 46.7. The molecule has 3 aromatic rings. The lowest BCUT2D eigenvalue weighted by Gasteiger charge is -2.38. The van der Waals surface area contributed by atoms with E-state index in [-0.39, 0.29) is 30.1 Å². The zero-order chi connectivity index (χ0) is 28.9. The Bertz CT molecular complexity index is 1450. The molecule has 9 nitrogen and oxygen atoms in total. The minimum atomic E-state index is -0.857. The summed E-state index contributed by atoms with van der Waals surface area (Å²) < 4.78 is 11.1. The second-order valence-electron chi connectivity index (χ2n) is 10.1. The zero-order valence-corrected chi connectivity index (χ0v) is 23.2. The van der Waals surface area contributed by atoms with Gasteiger partial charge in [0, 0.05) is 30.9 Å². The van der Waals surface area contributed by atoms with Crippen molar-refractivity contribution < 1.29 is 29.0 Å². The van der Waals surface area contributed by atoms with Crippen LogP contribution in [0.1, 0.15) is 48.2 Å². The van der Waals surface area contributed by atoms with Crippen molar-refractivity contribution in [1.82, 2.24) is 14.8 Å². The fraction of sp³-hybridized carbons (Fsp3) is 0.312. The first-order valence-electron chi connectivity index (χ1n) is 13.8. The van der Waals surface area contributed by atoms with Crippen LogP contribution in [0.3, 0.4) is 0 Å². The minimum absolute atomic E-state index is 0.00104. The van der Waals surface area contributed by atoms with Crippen LogP contribution < -0.4 is 4.74 Å². The molecule has 2 fully saturated rings. The summed E-state index contributed by atoms with van der Waals surface area (Å²) >= 11 is 0. The predicted molar refractivity (Wildman–Crippen MR) is 152 cm³/mol. The van der Waals surface area contributed by atoms with E-state index in [0.29, 0.717) is 49.5 Å². The molecule has 1 unspecified atom stereocenters. The van der Waals surface area contributed by atoms with Crippen LogP contribution in [-0.2, 0) is 20.9 Å². The van der Waals surface area contributed by atoms with E-state index >= 15 is 0 Å². The Balaban J connectivity index is 1.44. The van der Waals surface area contributed by atoms with E-state index in [9.17, 15) is 19.5 Å². The van der Waals surface area contributed by atoms with Gasteiger partial charge in [-0.05, 0) is 68.1 Å². The normalized spacial score (nSPS) is 18.9. The summed E-state index contributed by atoms with van der Waals surface area (Å²) in [6.45, 7) is 5.09. The van der Waals surface area contributed by atoms with E-state index in [1.165, 1.54) is 4.90 Å². The summed E-state index contributed by atoms with van der Waals surface area (Å²) in [5, 5.41) is 11.5. The van der Waals surface area contributed by atoms with Crippen molar-refractivity contribution in [3.63, 3.8) is 0 Å². The zero-order valence-electron chi connectivity index (χ0n) is 23.2. The van der Waals surface area contributed by atoms with E-state index in [0.717, 1.165) is 11.1 Å². The van der Waals surface area contributed by atoms with Gasteiger partial charge in [0.2, 0.25) is 0 Å². The van der Waals surface area contributed by atoms with Gasteiger partial charge >= 0.3 is 6.09 Å². The SMILES string of the molecule is CCOC(=O)N1CCC(N2C(=O)C(=O)/C(=C(/O)c3ccc(OCc4ccccc4)c(C)c3)C2c2ccccn2)CC1. The molecular formula is C32H33N3O6. The van der Waals surface area contributed by atoms with Crippen LogP contribution in [0.2, 0.25) is 0 Å². The Morgan fingerprint density at radius 1 is 1.02 bits per heavy atom. The molecule has 1 aromatic heterocycles. The van der Waals surface area contributed by atoms with Gasteiger partial charge in [-0.3, -0.25) is 14.6 Å². The van der Waals surface area contributed by atoms with Crippen molar-refractivity contribution in [1.29, 1.82) is 0 Å². The molecule has 212 valence electrons. The average Bonchev–Trinajstić information content (AvgIpc) is 3.27. The third-order valence-corrected chi connectivity index (χ3v) is 7.52. The van der Waals surface area contributed by atoms with E-state index in [2.05, 4.69) is 4.98 Å². The number of piperidine rings is 1. The lowest BCUT2D eigenvalue weighted by Crippen LogP contribution is -2.48. The lowest BCUT2D eigenvalue weighted by atomic mass is 9.96. The molecule has 0 saturated carbocycles. The van der Waals surface area contributed by atoms with E-state index in [1.807, 2.05) is 37.3 Å². The number of aromatic nitrogens is 1. The van der Waals surface area contributed by atoms with E-state index < -0.39 is 17.7 Å². The molecule has 2 saturated heterocycles. The van der Waals surface area contributed by atoms with Crippen molar-refractivity contribution in [3.8, 4) is 5.75 Å². The Hall–Kier alpha value is -4.66. The number of carbonyl (C=O) groups is 3. The number of benzene rings is 2. The number of aliphatic hydroxyl groups excluding tert-OH is 1. The van der Waals surface area contributed by atoms with Crippen LogP contribution in [0.5, 0.6) is 5.75 Å². The second kappa shape index (κ2) is 12.2. The summed E-state index contributed by atoms with van der Waals surface area (Å²) in [7, 11) is 0. The molecule has 1 atom stereocenters. The molecule has 0 spiro atoms. The number of ketones is 1. The molecular weight excluding hydrogens is 522 g/mol. The van der Waals surface area contributed by atoms with Crippen molar-refractivity contribution in [2.45, 2.75) is 45.4 Å². The Morgan fingerprint density at radius 3 is 2.41 bits per heavy atom. The highest BCUT2D eigenvalue weighted by molar-refractivity contribution is 6.46. The molecule has 0 bridgehead atoms. The van der Waals surface area contributed by atoms with Gasteiger partial charge in [0.1, 0.15) is 24.2 Å². The fourth-order valence-corrected chi connectivity index (χ4v) is 5.45. The molecule has 2 aliphatic heterocycles. The maximum Gasteiger partial charge on any atom is 0.409 e. The van der Waals surface area contributed by atoms with Crippen molar-refractivity contribution in [3.05, 3.63) is 101 Å². The molecule has 2 amide bonds. The number of likely N-dealkylation sites (tertiary alicyclic amines) is 2. The molecule has 2 aromatic carbocycles. The highest BCUT2D eigenvalue weighted by Crippen LogP contribution is 2.42. The number of aryl methyl sites for hydroxylation is 1. The van der Waals surface area contributed by atoms with Gasteiger partial charge in [0.15, 0.2) is 0 Å². The van der Waals surface area contributed by atoms with Crippen LogP contribution in [0.4, 0.5) is 4.79 Å². The van der Waals surface area contributed by atoms with Crippen LogP contribution >= 0.6 is 0 Å². The van der Waals surface area contributed by atoms with Gasteiger partial charge < -0.3 is 24.4 Å². The smallest absolute Gasteiger partial charge is 0.409 e. The van der Waals surface area contributed by atoms with Gasteiger partial charge in [-0.1, -0.05) is 36.4 Å². The number of Topliss-reactive ketones (excluding diaryl/α,β-unsaturated/α-hetero) is 1. The molecule has 0 aliphatic carbocycles. The maximum absolute atomic E-state index is 13.5. The Morgan fingerprint density at radius 2 is 1.76 bits per heavy atom. The van der Waals surface area contributed by atoms with Gasteiger partial charge in [-0.2, -0.15) is 0 Å². The van der Waals surface area contributed by atoms with Crippen molar-refractivity contribution in [2.75, 3.05) is 19.7 Å². The molecule has 2 aliphatic rings. The largest absolute Gasteiger partial charge is 0.507 e. The molecule has 5 rings (SSSR count). The first-order chi connectivity index (χ1) is 19.9. The number of ether oxygens (including phenoxy) is 2. The number of pyridine rings is 1. The number of carbonyl (C=O) groups excluding carboxylic acids is 3. The summed E-state index contributed by atoms with van der Waals surface area (Å²) in [6.07, 6.45) is 2.16. The summed E-state index contributed by atoms with van der Waals surface area (Å²) in [5.41, 5.74) is 2.70. The van der Waals surface area contributed by atoms with Crippen molar-refractivity contribution in [2.24, 2.45) is 0 Å². The Kier molecular flexibility index (Phi) is 8.33. The first kappa shape index (κ1) is 27.9. The van der Waals surface area contributed by atoms with Crippen LogP contribution in [-0.4, -0.2) is 63.4 Å². The highest BCUT2D eigenvalue weighted by atomic mass is 16.6. The number of aliphatic hydroxyl groups is 1. The first-order valence-corrected chi connectivity index (χ1v) is 13.8. The third kappa shape index (κ3) is 5.79. The third-order valence-electron chi connectivity index (χ3n) is 7.52. The van der Waals surface area contributed by atoms with Crippen LogP contribution in [0, 0.1) is 6.92 Å². The van der Waals surface area contributed by atoms with Gasteiger partial charge in [-0.25, -0.2) is 4.79 Å². The van der Waals surface area contributed by atoms with Gasteiger partial charge in [0.25, 0.3) is 11.7 Å². The number of nitrogens with zero attached hydrogens (tertiary/aromatic N) is 3. The quantitative estimate of drug-likeness (QED) is 0.248. The lowest BCUT2D eigenvalue weighted by molar-refractivity contribution is -0.142. The van der Waals surface area contributed by atoms with Gasteiger partial charge in [0.05, 0.1) is 17.9 Å². The number of hydrogen-bond donors (Lipinski definition) is 1. The van der Waals surface area contributed by atoms with Gasteiger partial charge in [-0.15, -0.1) is 0 Å². The molecule has 9 heteroatoms. The highest BCUT2D eigenvalue weighted by Gasteiger charge is 2.50.